The summed E-state index contributed by atoms with van der Waals surface area (Å²) in [5, 5.41) is 6.57. The fourth-order valence-corrected chi connectivity index (χ4v) is 2.06. The van der Waals surface area contributed by atoms with E-state index in [4.69, 9.17) is 9.47 Å². The topological polar surface area (TPSA) is 58.1 Å². The molecule has 0 saturated carbocycles. The van der Waals surface area contributed by atoms with Gasteiger partial charge in [0, 0.05) is 39.3 Å². The molecule has 21 heavy (non-hydrogen) atoms. The Morgan fingerprint density at radius 2 is 2.00 bits per heavy atom. The Morgan fingerprint density at radius 1 is 1.19 bits per heavy atom. The minimum absolute atomic E-state index is 0.730. The number of guanidine groups is 1. The number of aliphatic imine (C=N–C) groups is 1. The SMILES string of the molecule is CCCCOCCNC(=NCCN1CCOCC1)NCC. The number of ether oxygens (including phenoxy) is 2. The van der Waals surface area contributed by atoms with Crippen molar-refractivity contribution in [3.05, 3.63) is 0 Å². The summed E-state index contributed by atoms with van der Waals surface area (Å²) in [6.07, 6.45) is 2.31. The molecule has 6 heteroatoms. The molecule has 1 fully saturated rings. The monoisotopic (exact) mass is 300 g/mol. The van der Waals surface area contributed by atoms with E-state index >= 15 is 0 Å². The highest BCUT2D eigenvalue weighted by Gasteiger charge is 2.09. The second-order valence-corrected chi connectivity index (χ2v) is 5.11. The first-order valence-corrected chi connectivity index (χ1v) is 8.26. The van der Waals surface area contributed by atoms with E-state index in [2.05, 4.69) is 34.4 Å². The Balaban J connectivity index is 2.13. The van der Waals surface area contributed by atoms with Gasteiger partial charge in [-0.05, 0) is 13.3 Å². The van der Waals surface area contributed by atoms with Gasteiger partial charge in [0.05, 0.1) is 26.4 Å². The molecule has 0 bridgehead atoms. The van der Waals surface area contributed by atoms with Gasteiger partial charge in [0.25, 0.3) is 0 Å². The summed E-state index contributed by atoms with van der Waals surface area (Å²) in [5.74, 6) is 0.879. The molecular weight excluding hydrogens is 268 g/mol. The third kappa shape index (κ3) is 9.66. The van der Waals surface area contributed by atoms with Gasteiger partial charge in [-0.3, -0.25) is 9.89 Å². The number of rotatable bonds is 10. The van der Waals surface area contributed by atoms with E-state index in [0.29, 0.717) is 0 Å². The molecule has 6 nitrogen and oxygen atoms in total. The zero-order valence-electron chi connectivity index (χ0n) is 13.7. The summed E-state index contributed by atoms with van der Waals surface area (Å²) in [6, 6.07) is 0. The van der Waals surface area contributed by atoms with Crippen molar-refractivity contribution in [2.24, 2.45) is 4.99 Å². The summed E-state index contributed by atoms with van der Waals surface area (Å²) >= 11 is 0. The van der Waals surface area contributed by atoms with Crippen molar-refractivity contribution in [3.8, 4) is 0 Å². The maximum Gasteiger partial charge on any atom is 0.191 e. The van der Waals surface area contributed by atoms with Gasteiger partial charge in [0.2, 0.25) is 0 Å². The average molecular weight is 300 g/mol. The zero-order chi connectivity index (χ0) is 15.2. The largest absolute Gasteiger partial charge is 0.380 e. The van der Waals surface area contributed by atoms with Gasteiger partial charge in [0.1, 0.15) is 0 Å². The van der Waals surface area contributed by atoms with Crippen LogP contribution in [-0.2, 0) is 9.47 Å². The Hall–Kier alpha value is -0.850. The van der Waals surface area contributed by atoms with Crippen LogP contribution in [0.3, 0.4) is 0 Å². The molecule has 2 N–H and O–H groups in total. The van der Waals surface area contributed by atoms with Crippen molar-refractivity contribution >= 4 is 5.96 Å². The van der Waals surface area contributed by atoms with Crippen molar-refractivity contribution in [2.45, 2.75) is 26.7 Å². The highest BCUT2D eigenvalue weighted by atomic mass is 16.5. The number of nitrogens with one attached hydrogen (secondary N) is 2. The van der Waals surface area contributed by atoms with E-state index in [0.717, 1.165) is 78.1 Å². The first-order chi connectivity index (χ1) is 10.4. The molecule has 0 spiro atoms. The standard InChI is InChI=1S/C15H32N4O2/c1-3-5-11-20-12-7-18-15(16-4-2)17-6-8-19-9-13-21-14-10-19/h3-14H2,1-2H3,(H2,16,17,18). The number of hydrogen-bond acceptors (Lipinski definition) is 4. The molecule has 1 aliphatic rings. The van der Waals surface area contributed by atoms with E-state index in [1.165, 1.54) is 6.42 Å². The second-order valence-electron chi connectivity index (χ2n) is 5.11. The molecule has 0 unspecified atom stereocenters. The third-order valence-electron chi connectivity index (χ3n) is 3.32. The molecule has 0 aromatic carbocycles. The van der Waals surface area contributed by atoms with Crippen molar-refractivity contribution < 1.29 is 9.47 Å². The molecule has 1 saturated heterocycles. The molecular formula is C15H32N4O2. The zero-order valence-corrected chi connectivity index (χ0v) is 13.7. The fourth-order valence-electron chi connectivity index (χ4n) is 2.06. The van der Waals surface area contributed by atoms with E-state index < -0.39 is 0 Å². The lowest BCUT2D eigenvalue weighted by atomic mass is 10.4. The lowest BCUT2D eigenvalue weighted by Gasteiger charge is -2.25. The molecule has 0 aliphatic carbocycles. The van der Waals surface area contributed by atoms with Gasteiger partial charge in [-0.25, -0.2) is 0 Å². The Kier molecular flexibility index (Phi) is 11.1. The molecule has 0 aromatic heterocycles. The second kappa shape index (κ2) is 12.9. The molecule has 124 valence electrons. The number of unbranched alkanes of at least 4 members (excludes halogenated alkanes) is 1. The lowest BCUT2D eigenvalue weighted by molar-refractivity contribution is 0.0394. The van der Waals surface area contributed by atoms with Gasteiger partial charge in [-0.15, -0.1) is 0 Å². The molecule has 0 radical (unpaired) electrons. The number of morpholine rings is 1. The van der Waals surface area contributed by atoms with Crippen LogP contribution in [0.5, 0.6) is 0 Å². The third-order valence-corrected chi connectivity index (χ3v) is 3.32. The summed E-state index contributed by atoms with van der Waals surface area (Å²) < 4.78 is 10.9. The van der Waals surface area contributed by atoms with Crippen LogP contribution in [0.1, 0.15) is 26.7 Å². The predicted molar refractivity (Wildman–Crippen MR) is 87.0 cm³/mol. The minimum Gasteiger partial charge on any atom is -0.380 e. The summed E-state index contributed by atoms with van der Waals surface area (Å²) in [5.41, 5.74) is 0. The smallest absolute Gasteiger partial charge is 0.191 e. The molecule has 0 aromatic rings. The molecule has 1 heterocycles. The molecule has 1 rings (SSSR count). The lowest BCUT2D eigenvalue weighted by Crippen LogP contribution is -2.41. The van der Waals surface area contributed by atoms with Crippen molar-refractivity contribution in [3.63, 3.8) is 0 Å². The maximum absolute atomic E-state index is 5.53. The highest BCUT2D eigenvalue weighted by molar-refractivity contribution is 5.79. The van der Waals surface area contributed by atoms with Crippen LogP contribution >= 0.6 is 0 Å². The first kappa shape index (κ1) is 18.2. The normalized spacial score (nSPS) is 17.0. The fraction of sp³-hybridized carbons (Fsp3) is 0.933. The highest BCUT2D eigenvalue weighted by Crippen LogP contribution is 1.95. The van der Waals surface area contributed by atoms with Crippen molar-refractivity contribution in [1.29, 1.82) is 0 Å². The minimum atomic E-state index is 0.730. The quantitative estimate of drug-likeness (QED) is 0.353. The van der Waals surface area contributed by atoms with Crippen LogP contribution in [0.4, 0.5) is 0 Å². The first-order valence-electron chi connectivity index (χ1n) is 8.26. The van der Waals surface area contributed by atoms with Crippen LogP contribution in [0.15, 0.2) is 4.99 Å². The van der Waals surface area contributed by atoms with Crippen LogP contribution in [0.25, 0.3) is 0 Å². The van der Waals surface area contributed by atoms with Crippen molar-refractivity contribution in [1.82, 2.24) is 15.5 Å². The Morgan fingerprint density at radius 3 is 2.71 bits per heavy atom. The number of hydrogen-bond donors (Lipinski definition) is 2. The number of nitrogens with zero attached hydrogens (tertiary/aromatic N) is 2. The summed E-state index contributed by atoms with van der Waals surface area (Å²) in [7, 11) is 0. The molecule has 1 aliphatic heterocycles. The summed E-state index contributed by atoms with van der Waals surface area (Å²) in [6.45, 7) is 13.0. The Bertz CT molecular complexity index is 268. The summed E-state index contributed by atoms with van der Waals surface area (Å²) in [4.78, 5) is 6.99. The molecule has 0 amide bonds. The van der Waals surface area contributed by atoms with Crippen molar-refractivity contribution in [2.75, 3.05) is 65.7 Å². The van der Waals surface area contributed by atoms with E-state index in [1.54, 1.807) is 0 Å². The van der Waals surface area contributed by atoms with Crippen LogP contribution in [0, 0.1) is 0 Å². The van der Waals surface area contributed by atoms with Crippen LogP contribution in [-0.4, -0.2) is 76.6 Å². The molecule has 0 atom stereocenters. The predicted octanol–water partition coefficient (Wildman–Crippen LogP) is 0.690. The maximum atomic E-state index is 5.53. The van der Waals surface area contributed by atoms with E-state index in [1.807, 2.05) is 0 Å². The average Bonchev–Trinajstić information content (AvgIpc) is 2.51. The van der Waals surface area contributed by atoms with Gasteiger partial charge < -0.3 is 20.1 Å². The van der Waals surface area contributed by atoms with Gasteiger partial charge >= 0.3 is 0 Å². The van der Waals surface area contributed by atoms with Gasteiger partial charge in [0.15, 0.2) is 5.96 Å². The Labute approximate surface area is 129 Å². The van der Waals surface area contributed by atoms with Gasteiger partial charge in [-0.1, -0.05) is 13.3 Å². The van der Waals surface area contributed by atoms with E-state index in [-0.39, 0.29) is 0 Å². The van der Waals surface area contributed by atoms with Gasteiger partial charge in [-0.2, -0.15) is 0 Å². The van der Waals surface area contributed by atoms with Crippen LogP contribution in [0.2, 0.25) is 0 Å². The van der Waals surface area contributed by atoms with E-state index in [9.17, 15) is 0 Å². The van der Waals surface area contributed by atoms with Crippen LogP contribution < -0.4 is 10.6 Å².